The summed E-state index contributed by atoms with van der Waals surface area (Å²) in [6, 6.07) is 22.5. The number of amides is 1. The smallest absolute Gasteiger partial charge is 0.269 e. The lowest BCUT2D eigenvalue weighted by atomic mass is 9.87. The summed E-state index contributed by atoms with van der Waals surface area (Å²) >= 11 is 1.71. The van der Waals surface area contributed by atoms with Crippen LogP contribution in [0.25, 0.3) is 5.69 Å². The van der Waals surface area contributed by atoms with Crippen molar-refractivity contribution < 1.29 is 9.53 Å². The van der Waals surface area contributed by atoms with E-state index in [2.05, 4.69) is 61.9 Å². The van der Waals surface area contributed by atoms with Crippen molar-refractivity contribution >= 4 is 17.7 Å². The van der Waals surface area contributed by atoms with Crippen LogP contribution >= 0.6 is 11.8 Å². The molecule has 5 rings (SSSR count). The number of hydrogen-bond donors (Lipinski definition) is 0. The molecule has 5 heteroatoms. The van der Waals surface area contributed by atoms with Crippen LogP contribution in [0.3, 0.4) is 0 Å². The lowest BCUT2D eigenvalue weighted by Crippen LogP contribution is -2.72. The van der Waals surface area contributed by atoms with E-state index in [1.165, 1.54) is 17.0 Å². The highest BCUT2D eigenvalue weighted by molar-refractivity contribution is 7.99. The lowest BCUT2D eigenvalue weighted by molar-refractivity contribution is -0.171. The van der Waals surface area contributed by atoms with Crippen LogP contribution in [0.5, 0.6) is 5.75 Å². The Morgan fingerprint density at radius 3 is 2.32 bits per heavy atom. The first-order valence-corrected chi connectivity index (χ1v) is 12.0. The number of nitrogens with zero attached hydrogens (tertiary/aromatic N) is 2. The standard InChI is InChI=1S/C26H28N2O2S/c1-18-15-21-22(28(18)19-11-7-5-8-12-19)16-25(2,3)17-27-24(29)23(26(21,27)31-4)30-20-13-9-6-10-14-20/h5-15,23H,16-17H2,1-4H3/t23-,26-/m1/s1. The first kappa shape index (κ1) is 20.3. The molecule has 1 saturated heterocycles. The zero-order valence-electron chi connectivity index (χ0n) is 18.5. The molecule has 2 aliphatic rings. The second-order valence-corrected chi connectivity index (χ2v) is 10.3. The third-order valence-electron chi connectivity index (χ3n) is 6.47. The quantitative estimate of drug-likeness (QED) is 0.533. The molecule has 0 spiro atoms. The first-order valence-electron chi connectivity index (χ1n) is 10.7. The predicted octanol–water partition coefficient (Wildman–Crippen LogP) is 5.17. The van der Waals surface area contributed by atoms with E-state index in [1.807, 2.05) is 41.3 Å². The number of hydrogen-bond acceptors (Lipinski definition) is 3. The summed E-state index contributed by atoms with van der Waals surface area (Å²) in [6.07, 6.45) is 2.45. The molecule has 2 aliphatic heterocycles. The van der Waals surface area contributed by atoms with E-state index in [4.69, 9.17) is 4.74 Å². The highest BCUT2D eigenvalue weighted by Crippen LogP contribution is 2.56. The van der Waals surface area contributed by atoms with Crippen LogP contribution < -0.4 is 4.74 Å². The van der Waals surface area contributed by atoms with Gasteiger partial charge in [0, 0.05) is 29.2 Å². The number of aryl methyl sites for hydroxylation is 1. The van der Waals surface area contributed by atoms with Crippen molar-refractivity contribution in [2.45, 2.75) is 38.2 Å². The summed E-state index contributed by atoms with van der Waals surface area (Å²) < 4.78 is 8.70. The number of aromatic nitrogens is 1. The summed E-state index contributed by atoms with van der Waals surface area (Å²) in [4.78, 5) is 14.9. The molecule has 0 N–H and O–H groups in total. The largest absolute Gasteiger partial charge is 0.477 e. The molecule has 31 heavy (non-hydrogen) atoms. The predicted molar refractivity (Wildman–Crippen MR) is 126 cm³/mol. The molecule has 0 saturated carbocycles. The van der Waals surface area contributed by atoms with E-state index in [-0.39, 0.29) is 11.3 Å². The minimum atomic E-state index is -0.538. The minimum absolute atomic E-state index is 0.0447. The molecule has 160 valence electrons. The topological polar surface area (TPSA) is 34.5 Å². The molecule has 2 atom stereocenters. The van der Waals surface area contributed by atoms with Crippen LogP contribution in [0.15, 0.2) is 66.7 Å². The van der Waals surface area contributed by atoms with Gasteiger partial charge < -0.3 is 14.2 Å². The summed E-state index contributed by atoms with van der Waals surface area (Å²) in [7, 11) is 0. The van der Waals surface area contributed by atoms with Gasteiger partial charge in [0.15, 0.2) is 4.87 Å². The Labute approximate surface area is 188 Å². The Hall–Kier alpha value is -2.66. The van der Waals surface area contributed by atoms with Crippen LogP contribution in [0.2, 0.25) is 0 Å². The number of benzene rings is 2. The van der Waals surface area contributed by atoms with Crippen LogP contribution in [-0.2, 0) is 16.1 Å². The van der Waals surface area contributed by atoms with E-state index in [1.54, 1.807) is 11.8 Å². The van der Waals surface area contributed by atoms with E-state index < -0.39 is 11.0 Å². The van der Waals surface area contributed by atoms with Crippen LogP contribution in [-0.4, -0.2) is 34.3 Å². The molecule has 1 aromatic heterocycles. The zero-order chi connectivity index (χ0) is 21.8. The average Bonchev–Trinajstić information content (AvgIpc) is 3.04. The molecule has 3 heterocycles. The van der Waals surface area contributed by atoms with Gasteiger partial charge in [0.25, 0.3) is 5.91 Å². The Balaban J connectivity index is 1.69. The number of ether oxygens (including phenoxy) is 1. The van der Waals surface area contributed by atoms with Crippen LogP contribution in [0.4, 0.5) is 0 Å². The summed E-state index contributed by atoms with van der Waals surface area (Å²) in [6.45, 7) is 7.37. The fourth-order valence-corrected chi connectivity index (χ4v) is 6.31. The third kappa shape index (κ3) is 3.01. The molecular formula is C26H28N2O2S. The lowest BCUT2D eigenvalue weighted by Gasteiger charge is -2.56. The van der Waals surface area contributed by atoms with Gasteiger partial charge in [-0.1, -0.05) is 50.2 Å². The molecule has 0 bridgehead atoms. The Morgan fingerprint density at radius 1 is 1.03 bits per heavy atom. The fraction of sp³-hybridized carbons (Fsp3) is 0.346. The fourth-order valence-electron chi connectivity index (χ4n) is 5.17. The Morgan fingerprint density at radius 2 is 1.68 bits per heavy atom. The number of thioether (sulfide) groups is 1. The normalized spacial score (nSPS) is 24.1. The number of β-lactam (4-membered cyclic amide) rings is 1. The first-order chi connectivity index (χ1) is 14.9. The SMILES string of the molecule is CS[C@@]12c3cc(C)n(-c4ccccc4)c3CC(C)(C)CN1C(=O)[C@H]2Oc1ccccc1. The third-order valence-corrected chi connectivity index (χ3v) is 7.75. The van der Waals surface area contributed by atoms with Gasteiger partial charge in [0.1, 0.15) is 5.75 Å². The summed E-state index contributed by atoms with van der Waals surface area (Å²) in [5.41, 5.74) is 4.77. The van der Waals surface area contributed by atoms with Gasteiger partial charge >= 0.3 is 0 Å². The van der Waals surface area contributed by atoms with Crippen molar-refractivity contribution in [1.29, 1.82) is 0 Å². The van der Waals surface area contributed by atoms with Crippen molar-refractivity contribution in [2.75, 3.05) is 12.8 Å². The molecule has 1 fully saturated rings. The highest BCUT2D eigenvalue weighted by atomic mass is 32.2. The van der Waals surface area contributed by atoms with Gasteiger partial charge in [0.2, 0.25) is 6.10 Å². The summed E-state index contributed by atoms with van der Waals surface area (Å²) in [5.74, 6) is 0.808. The van der Waals surface area contributed by atoms with E-state index in [0.717, 1.165) is 17.9 Å². The van der Waals surface area contributed by atoms with Gasteiger partial charge in [-0.2, -0.15) is 0 Å². The Bertz CT molecular complexity index is 1120. The number of fused-ring (bicyclic) bond motifs is 3. The van der Waals surface area contributed by atoms with E-state index in [9.17, 15) is 4.79 Å². The number of carbonyl (C=O) groups is 1. The number of rotatable bonds is 4. The van der Waals surface area contributed by atoms with Crippen LogP contribution in [0, 0.1) is 12.3 Å². The molecule has 4 nitrogen and oxygen atoms in total. The molecule has 2 aromatic carbocycles. The molecule has 0 radical (unpaired) electrons. The van der Waals surface area contributed by atoms with Gasteiger partial charge in [-0.3, -0.25) is 4.79 Å². The van der Waals surface area contributed by atoms with Gasteiger partial charge in [-0.15, -0.1) is 11.8 Å². The summed E-state index contributed by atoms with van der Waals surface area (Å²) in [5, 5.41) is 0. The van der Waals surface area contributed by atoms with Gasteiger partial charge in [-0.25, -0.2) is 0 Å². The average molecular weight is 433 g/mol. The van der Waals surface area contributed by atoms with Crippen molar-refractivity contribution in [1.82, 2.24) is 9.47 Å². The second-order valence-electron chi connectivity index (χ2n) is 9.29. The molecule has 0 unspecified atom stereocenters. The van der Waals surface area contributed by atoms with Crippen LogP contribution in [0.1, 0.15) is 30.8 Å². The van der Waals surface area contributed by atoms with Crippen molar-refractivity contribution in [2.24, 2.45) is 5.41 Å². The monoisotopic (exact) mass is 432 g/mol. The zero-order valence-corrected chi connectivity index (χ0v) is 19.3. The minimum Gasteiger partial charge on any atom is -0.477 e. The second kappa shape index (κ2) is 7.20. The number of carbonyl (C=O) groups excluding carboxylic acids is 1. The van der Waals surface area contributed by atoms with Crippen molar-refractivity contribution in [3.63, 3.8) is 0 Å². The highest BCUT2D eigenvalue weighted by Gasteiger charge is 2.66. The maximum Gasteiger partial charge on any atom is 0.269 e. The van der Waals surface area contributed by atoms with Gasteiger partial charge in [-0.05, 0) is 55.3 Å². The molecule has 1 amide bonds. The molecular weight excluding hydrogens is 404 g/mol. The molecule has 0 aliphatic carbocycles. The van der Waals surface area contributed by atoms with Crippen molar-refractivity contribution in [3.05, 3.63) is 83.7 Å². The Kier molecular flexibility index (Phi) is 4.70. The maximum atomic E-state index is 13.4. The van der Waals surface area contributed by atoms with Crippen molar-refractivity contribution in [3.8, 4) is 11.4 Å². The maximum absolute atomic E-state index is 13.4. The van der Waals surface area contributed by atoms with E-state index in [0.29, 0.717) is 6.54 Å². The molecule has 3 aromatic rings. The van der Waals surface area contributed by atoms with Gasteiger partial charge in [0.05, 0.1) is 0 Å². The van der Waals surface area contributed by atoms with E-state index >= 15 is 0 Å². The number of para-hydroxylation sites is 2.